The first-order valence-corrected chi connectivity index (χ1v) is 7.29. The number of rotatable bonds is 6. The van der Waals surface area contributed by atoms with Gasteiger partial charge in [0.2, 0.25) is 10.0 Å². The Labute approximate surface area is 106 Å². The van der Waals surface area contributed by atoms with Crippen molar-refractivity contribution in [2.24, 2.45) is 0 Å². The normalized spacial score (nSPS) is 12.1. The predicted molar refractivity (Wildman–Crippen MR) is 70.8 cm³/mol. The highest BCUT2D eigenvalue weighted by atomic mass is 32.2. The van der Waals surface area contributed by atoms with Crippen LogP contribution in [0.4, 0.5) is 0 Å². The van der Waals surface area contributed by atoms with Gasteiger partial charge in [0, 0.05) is 30.8 Å². The lowest BCUT2D eigenvalue weighted by molar-refractivity contribution is 0.217. The van der Waals surface area contributed by atoms with Crippen molar-refractivity contribution in [2.75, 3.05) is 19.5 Å². The largest absolute Gasteiger partial charge is 0.384 e. The van der Waals surface area contributed by atoms with Crippen LogP contribution in [0.1, 0.15) is 5.56 Å². The summed E-state index contributed by atoms with van der Waals surface area (Å²) in [6.45, 7) is 0.485. The number of nitrogens with one attached hydrogen (secondary N) is 2. The van der Waals surface area contributed by atoms with Gasteiger partial charge in [0.15, 0.2) is 0 Å². The van der Waals surface area contributed by atoms with Crippen molar-refractivity contribution in [1.82, 2.24) is 9.71 Å². The number of para-hydroxylation sites is 1. The quantitative estimate of drug-likeness (QED) is 0.828. The maximum atomic E-state index is 11.6. The number of hydrogen-bond donors (Lipinski definition) is 2. The highest BCUT2D eigenvalue weighted by Crippen LogP contribution is 2.17. The van der Waals surface area contributed by atoms with E-state index in [0.29, 0.717) is 0 Å². The second-order valence-corrected chi connectivity index (χ2v) is 5.92. The molecule has 98 valence electrons. The molecule has 0 aliphatic carbocycles. The van der Waals surface area contributed by atoms with E-state index in [4.69, 9.17) is 4.74 Å². The van der Waals surface area contributed by atoms with Gasteiger partial charge in [-0.25, -0.2) is 13.1 Å². The molecule has 0 amide bonds. The minimum absolute atomic E-state index is 0.0220. The van der Waals surface area contributed by atoms with Crippen molar-refractivity contribution < 1.29 is 13.2 Å². The van der Waals surface area contributed by atoms with Crippen LogP contribution in [0.2, 0.25) is 0 Å². The number of hydrogen-bond acceptors (Lipinski definition) is 3. The molecule has 0 radical (unpaired) electrons. The summed E-state index contributed by atoms with van der Waals surface area (Å²) in [5.41, 5.74) is 1.94. The summed E-state index contributed by atoms with van der Waals surface area (Å²) in [5, 5.41) is 1.03. The molecule has 1 heterocycles. The number of H-pyrrole nitrogens is 1. The van der Waals surface area contributed by atoms with Crippen LogP contribution in [0.25, 0.3) is 10.9 Å². The Morgan fingerprint density at radius 2 is 2.11 bits per heavy atom. The summed E-state index contributed by atoms with van der Waals surface area (Å²) in [5.74, 6) is -0.0220. The van der Waals surface area contributed by atoms with E-state index in [1.54, 1.807) is 0 Å². The highest BCUT2D eigenvalue weighted by Gasteiger charge is 2.11. The van der Waals surface area contributed by atoms with E-state index in [1.165, 1.54) is 7.11 Å². The molecule has 0 aliphatic heterocycles. The van der Waals surface area contributed by atoms with Gasteiger partial charge < -0.3 is 9.72 Å². The van der Waals surface area contributed by atoms with Crippen LogP contribution in [0.5, 0.6) is 0 Å². The zero-order valence-electron chi connectivity index (χ0n) is 10.1. The Bertz CT molecular complexity index is 619. The number of methoxy groups -OCH3 is 1. The number of aromatic amines is 1. The second-order valence-electron chi connectivity index (χ2n) is 3.99. The molecule has 5 nitrogen and oxygen atoms in total. The Morgan fingerprint density at radius 3 is 2.89 bits per heavy atom. The Morgan fingerprint density at radius 1 is 1.33 bits per heavy atom. The molecule has 1 aromatic carbocycles. The standard InChI is InChI=1S/C12H16N2O3S/c1-17-6-7-18(15,16)14-9-10-8-13-12-5-3-2-4-11(10)12/h2-5,8,13-14H,6-7,9H2,1H3. The van der Waals surface area contributed by atoms with Gasteiger partial charge in [-0.1, -0.05) is 18.2 Å². The molecule has 2 aromatic rings. The van der Waals surface area contributed by atoms with E-state index in [9.17, 15) is 8.42 Å². The molecule has 0 spiro atoms. The minimum Gasteiger partial charge on any atom is -0.384 e. The molecule has 0 saturated heterocycles. The average Bonchev–Trinajstić information content (AvgIpc) is 2.78. The van der Waals surface area contributed by atoms with Crippen LogP contribution in [0, 0.1) is 0 Å². The van der Waals surface area contributed by atoms with E-state index in [1.807, 2.05) is 30.5 Å². The summed E-state index contributed by atoms with van der Waals surface area (Å²) in [7, 11) is -1.80. The smallest absolute Gasteiger partial charge is 0.214 e. The van der Waals surface area contributed by atoms with Crippen LogP contribution < -0.4 is 4.72 Å². The lowest BCUT2D eigenvalue weighted by Crippen LogP contribution is -2.27. The lowest BCUT2D eigenvalue weighted by Gasteiger charge is -2.05. The van der Waals surface area contributed by atoms with E-state index in [2.05, 4.69) is 9.71 Å². The fourth-order valence-electron chi connectivity index (χ4n) is 1.73. The van der Waals surface area contributed by atoms with Gasteiger partial charge in [0.1, 0.15) is 0 Å². The van der Waals surface area contributed by atoms with Crippen molar-refractivity contribution >= 4 is 20.9 Å². The van der Waals surface area contributed by atoms with E-state index in [-0.39, 0.29) is 18.9 Å². The molecule has 6 heteroatoms. The maximum absolute atomic E-state index is 11.6. The minimum atomic E-state index is -3.28. The van der Waals surface area contributed by atoms with Crippen molar-refractivity contribution in [3.8, 4) is 0 Å². The molecule has 0 aliphatic rings. The summed E-state index contributed by atoms with van der Waals surface area (Å²) in [6.07, 6.45) is 1.82. The van der Waals surface area contributed by atoms with Gasteiger partial charge in [-0.15, -0.1) is 0 Å². The molecule has 0 bridgehead atoms. The number of sulfonamides is 1. The summed E-state index contributed by atoms with van der Waals surface area (Å²) in [4.78, 5) is 3.11. The zero-order chi connectivity index (χ0) is 13.0. The summed E-state index contributed by atoms with van der Waals surface area (Å²) >= 11 is 0. The third kappa shape index (κ3) is 3.10. The molecule has 2 N–H and O–H groups in total. The van der Waals surface area contributed by atoms with E-state index in [0.717, 1.165) is 16.5 Å². The molecule has 18 heavy (non-hydrogen) atoms. The van der Waals surface area contributed by atoms with Crippen molar-refractivity contribution in [3.63, 3.8) is 0 Å². The second kappa shape index (κ2) is 5.51. The molecular formula is C12H16N2O3S. The monoisotopic (exact) mass is 268 g/mol. The Balaban J connectivity index is 2.06. The van der Waals surface area contributed by atoms with Crippen LogP contribution in [0.15, 0.2) is 30.5 Å². The molecular weight excluding hydrogens is 252 g/mol. The van der Waals surface area contributed by atoms with Gasteiger partial charge in [-0.3, -0.25) is 0 Å². The van der Waals surface area contributed by atoms with Crippen molar-refractivity contribution in [3.05, 3.63) is 36.0 Å². The third-order valence-electron chi connectivity index (χ3n) is 2.71. The van der Waals surface area contributed by atoms with Gasteiger partial charge in [-0.2, -0.15) is 0 Å². The van der Waals surface area contributed by atoms with Gasteiger partial charge in [-0.05, 0) is 11.6 Å². The topological polar surface area (TPSA) is 71.2 Å². The molecule has 0 fully saturated rings. The fraction of sp³-hybridized carbons (Fsp3) is 0.333. The predicted octanol–water partition coefficient (Wildman–Crippen LogP) is 1.23. The molecule has 1 aromatic heterocycles. The van der Waals surface area contributed by atoms with Crippen LogP contribution in [0.3, 0.4) is 0 Å². The summed E-state index contributed by atoms with van der Waals surface area (Å²) in [6, 6.07) is 7.79. The number of ether oxygens (including phenoxy) is 1. The molecule has 0 unspecified atom stereocenters. The van der Waals surface area contributed by atoms with Crippen molar-refractivity contribution in [2.45, 2.75) is 6.54 Å². The zero-order valence-corrected chi connectivity index (χ0v) is 11.0. The van der Waals surface area contributed by atoms with E-state index >= 15 is 0 Å². The first kappa shape index (κ1) is 13.1. The lowest BCUT2D eigenvalue weighted by atomic mass is 10.2. The maximum Gasteiger partial charge on any atom is 0.214 e. The number of fused-ring (bicyclic) bond motifs is 1. The number of benzene rings is 1. The average molecular weight is 268 g/mol. The van der Waals surface area contributed by atoms with Crippen LogP contribution in [-0.2, 0) is 21.3 Å². The molecule has 2 rings (SSSR count). The molecule has 0 atom stereocenters. The van der Waals surface area contributed by atoms with E-state index < -0.39 is 10.0 Å². The Kier molecular flexibility index (Phi) is 4.00. The van der Waals surface area contributed by atoms with Crippen LogP contribution in [-0.4, -0.2) is 32.9 Å². The molecule has 0 saturated carbocycles. The Hall–Kier alpha value is -1.37. The van der Waals surface area contributed by atoms with Crippen molar-refractivity contribution in [1.29, 1.82) is 0 Å². The van der Waals surface area contributed by atoms with Gasteiger partial charge >= 0.3 is 0 Å². The van der Waals surface area contributed by atoms with Gasteiger partial charge in [0.05, 0.1) is 12.4 Å². The SMILES string of the molecule is COCCS(=O)(=O)NCc1c[nH]c2ccccc12. The highest BCUT2D eigenvalue weighted by molar-refractivity contribution is 7.89. The number of aromatic nitrogens is 1. The first-order valence-electron chi connectivity index (χ1n) is 5.63. The van der Waals surface area contributed by atoms with Crippen LogP contribution >= 0.6 is 0 Å². The van der Waals surface area contributed by atoms with Gasteiger partial charge in [0.25, 0.3) is 0 Å². The fourth-order valence-corrected chi connectivity index (χ4v) is 2.64. The third-order valence-corrected chi connectivity index (χ3v) is 4.00. The summed E-state index contributed by atoms with van der Waals surface area (Å²) < 4.78 is 30.6. The first-order chi connectivity index (χ1) is 8.62.